The molecular weight excluding hydrogens is 449 g/mol. The van der Waals surface area contributed by atoms with Gasteiger partial charge in [0.05, 0.1) is 38.5 Å². The first-order valence-corrected chi connectivity index (χ1v) is 9.56. The van der Waals surface area contributed by atoms with Crippen molar-refractivity contribution in [2.75, 3.05) is 33.8 Å². The van der Waals surface area contributed by atoms with Gasteiger partial charge in [0.2, 0.25) is 6.04 Å². The number of halogens is 2. The summed E-state index contributed by atoms with van der Waals surface area (Å²) in [5.41, 5.74) is 0.525. The molecule has 11 heteroatoms. The predicted molar refractivity (Wildman–Crippen MR) is 117 cm³/mol. The number of rotatable bonds is 9. The number of ether oxygens (including phenoxy) is 4. The number of anilines is 1. The molecule has 166 valence electrons. The SMILES string of the molecule is COc1cc(N=NC(C(C)=O)C(=O)Nc2cc(Cl)c(OC)c(OC)c2)c(OC)cc1Cl. The average molecular weight is 470 g/mol. The lowest BCUT2D eigenvalue weighted by Crippen LogP contribution is -2.31. The van der Waals surface area contributed by atoms with Crippen LogP contribution in [0.25, 0.3) is 0 Å². The summed E-state index contributed by atoms with van der Waals surface area (Å²) >= 11 is 12.2. The van der Waals surface area contributed by atoms with Crippen LogP contribution in [0.2, 0.25) is 10.0 Å². The van der Waals surface area contributed by atoms with Gasteiger partial charge >= 0.3 is 0 Å². The summed E-state index contributed by atoms with van der Waals surface area (Å²) in [5.74, 6) is 0.0225. The number of carbonyl (C=O) groups excluding carboxylic acids is 2. The van der Waals surface area contributed by atoms with Crippen molar-refractivity contribution in [1.29, 1.82) is 0 Å². The van der Waals surface area contributed by atoms with E-state index in [1.807, 2.05) is 0 Å². The van der Waals surface area contributed by atoms with Crippen molar-refractivity contribution in [3.05, 3.63) is 34.3 Å². The molecule has 2 aromatic rings. The number of Topliss-reactive ketones (excluding diaryl/α,β-unsaturated/α-hetero) is 1. The quantitative estimate of drug-likeness (QED) is 0.420. The second-order valence-electron chi connectivity index (χ2n) is 6.07. The molecule has 9 nitrogen and oxygen atoms in total. The highest BCUT2D eigenvalue weighted by atomic mass is 35.5. The maximum absolute atomic E-state index is 12.7. The van der Waals surface area contributed by atoms with Gasteiger partial charge in [-0.05, 0) is 13.0 Å². The van der Waals surface area contributed by atoms with Crippen molar-refractivity contribution >= 4 is 46.3 Å². The lowest BCUT2D eigenvalue weighted by Gasteiger charge is -2.14. The summed E-state index contributed by atoms with van der Waals surface area (Å²) in [7, 11) is 5.73. The summed E-state index contributed by atoms with van der Waals surface area (Å²) in [6, 6.07) is 4.52. The molecule has 2 aromatic carbocycles. The number of methoxy groups -OCH3 is 4. The minimum Gasteiger partial charge on any atom is -0.495 e. The molecule has 0 heterocycles. The second-order valence-corrected chi connectivity index (χ2v) is 6.88. The number of benzene rings is 2. The maximum atomic E-state index is 12.7. The van der Waals surface area contributed by atoms with E-state index >= 15 is 0 Å². The van der Waals surface area contributed by atoms with Gasteiger partial charge in [-0.1, -0.05) is 23.2 Å². The minimum atomic E-state index is -1.42. The Labute approximate surface area is 189 Å². The van der Waals surface area contributed by atoms with Crippen molar-refractivity contribution < 1.29 is 28.5 Å². The molecule has 0 aromatic heterocycles. The number of azo groups is 1. The van der Waals surface area contributed by atoms with E-state index in [1.165, 1.54) is 59.6 Å². The first kappa shape index (κ1) is 24.2. The van der Waals surface area contributed by atoms with Crippen LogP contribution in [0.4, 0.5) is 11.4 Å². The highest BCUT2D eigenvalue weighted by Crippen LogP contribution is 2.39. The molecule has 0 aliphatic rings. The van der Waals surface area contributed by atoms with Crippen molar-refractivity contribution in [2.24, 2.45) is 10.2 Å². The molecule has 1 amide bonds. The average Bonchev–Trinajstić information content (AvgIpc) is 2.73. The van der Waals surface area contributed by atoms with Gasteiger partial charge < -0.3 is 24.3 Å². The van der Waals surface area contributed by atoms with Crippen molar-refractivity contribution in [1.82, 2.24) is 0 Å². The Morgan fingerprint density at radius 1 is 0.871 bits per heavy atom. The van der Waals surface area contributed by atoms with Crippen LogP contribution in [0.1, 0.15) is 6.92 Å². The van der Waals surface area contributed by atoms with Crippen LogP contribution in [0.5, 0.6) is 23.0 Å². The lowest BCUT2D eigenvalue weighted by atomic mass is 10.2. The molecule has 1 unspecified atom stereocenters. The third kappa shape index (κ3) is 5.77. The number of nitrogens with one attached hydrogen (secondary N) is 1. The molecule has 0 aliphatic carbocycles. The van der Waals surface area contributed by atoms with E-state index in [4.69, 9.17) is 42.1 Å². The summed E-state index contributed by atoms with van der Waals surface area (Å²) in [5, 5.41) is 11.0. The van der Waals surface area contributed by atoms with Gasteiger partial charge in [0.15, 0.2) is 17.3 Å². The van der Waals surface area contributed by atoms with Gasteiger partial charge in [-0.3, -0.25) is 9.59 Å². The third-order valence-corrected chi connectivity index (χ3v) is 4.64. The number of amides is 1. The molecule has 1 atom stereocenters. The number of carbonyl (C=O) groups is 2. The van der Waals surface area contributed by atoms with E-state index in [1.54, 1.807) is 0 Å². The van der Waals surface area contributed by atoms with E-state index in [0.29, 0.717) is 33.7 Å². The fourth-order valence-corrected chi connectivity index (χ4v) is 3.08. The molecule has 1 N–H and O–H groups in total. The highest BCUT2D eigenvalue weighted by molar-refractivity contribution is 6.33. The summed E-state index contributed by atoms with van der Waals surface area (Å²) in [6.45, 7) is 1.23. The number of hydrogen-bond donors (Lipinski definition) is 1. The van der Waals surface area contributed by atoms with Crippen LogP contribution in [0, 0.1) is 0 Å². The molecule has 0 saturated carbocycles. The van der Waals surface area contributed by atoms with Crippen LogP contribution < -0.4 is 24.3 Å². The van der Waals surface area contributed by atoms with Crippen LogP contribution in [-0.2, 0) is 9.59 Å². The van der Waals surface area contributed by atoms with Gasteiger partial charge in [-0.2, -0.15) is 10.2 Å². The maximum Gasteiger partial charge on any atom is 0.258 e. The summed E-state index contributed by atoms with van der Waals surface area (Å²) in [4.78, 5) is 24.8. The fraction of sp³-hybridized carbons (Fsp3) is 0.300. The van der Waals surface area contributed by atoms with E-state index in [-0.39, 0.29) is 10.7 Å². The van der Waals surface area contributed by atoms with Gasteiger partial charge in [0.25, 0.3) is 5.91 Å². The van der Waals surface area contributed by atoms with Gasteiger partial charge in [0.1, 0.15) is 17.2 Å². The van der Waals surface area contributed by atoms with E-state index in [0.717, 1.165) is 0 Å². The normalized spacial score (nSPS) is 11.7. The van der Waals surface area contributed by atoms with E-state index < -0.39 is 17.7 Å². The Balaban J connectivity index is 2.32. The Morgan fingerprint density at radius 2 is 1.52 bits per heavy atom. The Bertz CT molecular complexity index is 1010. The number of nitrogens with zero attached hydrogens (tertiary/aromatic N) is 2. The van der Waals surface area contributed by atoms with E-state index in [2.05, 4.69) is 15.5 Å². The second kappa shape index (κ2) is 10.8. The van der Waals surface area contributed by atoms with Gasteiger partial charge in [0, 0.05) is 23.9 Å². The Hall–Kier alpha value is -3.04. The van der Waals surface area contributed by atoms with Gasteiger partial charge in [-0.15, -0.1) is 0 Å². The molecular formula is C20H21Cl2N3O6. The predicted octanol–water partition coefficient (Wildman–Crippen LogP) is 4.71. The molecule has 0 radical (unpaired) electrons. The zero-order valence-electron chi connectivity index (χ0n) is 17.5. The standard InChI is InChI=1S/C20H21Cl2N3O6/c1-10(26)18(25-24-14-9-15(28-2)12(21)8-16(14)29-3)20(27)23-11-6-13(22)19(31-5)17(7-11)30-4/h6-9,18H,1-5H3,(H,23,27). The van der Waals surface area contributed by atoms with Crippen LogP contribution in [-0.4, -0.2) is 46.2 Å². The molecule has 0 aliphatic heterocycles. The molecule has 0 bridgehead atoms. The Morgan fingerprint density at radius 3 is 2.06 bits per heavy atom. The lowest BCUT2D eigenvalue weighted by molar-refractivity contribution is -0.126. The van der Waals surface area contributed by atoms with Crippen LogP contribution in [0.15, 0.2) is 34.5 Å². The fourth-order valence-electron chi connectivity index (χ4n) is 2.56. The van der Waals surface area contributed by atoms with Gasteiger partial charge in [-0.25, -0.2) is 0 Å². The van der Waals surface area contributed by atoms with Crippen molar-refractivity contribution in [3.8, 4) is 23.0 Å². The van der Waals surface area contributed by atoms with Crippen molar-refractivity contribution in [2.45, 2.75) is 13.0 Å². The monoisotopic (exact) mass is 469 g/mol. The van der Waals surface area contributed by atoms with Crippen LogP contribution >= 0.6 is 23.2 Å². The number of hydrogen-bond acceptors (Lipinski definition) is 8. The number of ketones is 1. The first-order valence-electron chi connectivity index (χ1n) is 8.80. The molecule has 0 saturated heterocycles. The van der Waals surface area contributed by atoms with Crippen molar-refractivity contribution in [3.63, 3.8) is 0 Å². The first-order chi connectivity index (χ1) is 14.7. The molecule has 0 spiro atoms. The molecule has 0 fully saturated rings. The third-order valence-electron chi connectivity index (χ3n) is 4.07. The Kier molecular flexibility index (Phi) is 8.47. The molecule has 2 rings (SSSR count). The zero-order chi connectivity index (χ0) is 23.1. The van der Waals surface area contributed by atoms with Crippen LogP contribution in [0.3, 0.4) is 0 Å². The smallest absolute Gasteiger partial charge is 0.258 e. The highest BCUT2D eigenvalue weighted by Gasteiger charge is 2.24. The van der Waals surface area contributed by atoms with E-state index in [9.17, 15) is 9.59 Å². The minimum absolute atomic E-state index is 0.219. The topological polar surface area (TPSA) is 108 Å². The largest absolute Gasteiger partial charge is 0.495 e. The summed E-state index contributed by atoms with van der Waals surface area (Å²) < 4.78 is 20.7. The zero-order valence-corrected chi connectivity index (χ0v) is 19.0. The summed E-state index contributed by atoms with van der Waals surface area (Å²) in [6.07, 6.45) is 0. The molecule has 31 heavy (non-hydrogen) atoms.